The summed E-state index contributed by atoms with van der Waals surface area (Å²) in [5, 5.41) is 5.20. The summed E-state index contributed by atoms with van der Waals surface area (Å²) < 4.78 is 13.2. The van der Waals surface area contributed by atoms with Crippen molar-refractivity contribution >= 4 is 22.4 Å². The Morgan fingerprint density at radius 2 is 2.17 bits per heavy atom. The number of rotatable bonds is 4. The Hall–Kier alpha value is -2.60. The normalized spacial score (nSPS) is 10.5. The van der Waals surface area contributed by atoms with Gasteiger partial charge in [-0.05, 0) is 36.8 Å². The van der Waals surface area contributed by atoms with Crippen molar-refractivity contribution in [2.45, 2.75) is 13.3 Å². The zero-order valence-electron chi connectivity index (χ0n) is 12.4. The fraction of sp³-hybridized carbons (Fsp3) is 0.118. The summed E-state index contributed by atoms with van der Waals surface area (Å²) in [5.41, 5.74) is 2.88. The number of aryl methyl sites for hydroxylation is 1. The molecule has 4 nitrogen and oxygen atoms in total. The van der Waals surface area contributed by atoms with E-state index in [2.05, 4.69) is 15.3 Å². The van der Waals surface area contributed by atoms with Crippen molar-refractivity contribution in [2.24, 2.45) is 0 Å². The molecule has 0 spiro atoms. The average Bonchev–Trinajstić information content (AvgIpc) is 2.92. The number of halogens is 1. The minimum absolute atomic E-state index is 0.234. The number of aromatic nitrogens is 2. The first kappa shape index (κ1) is 15.3. The monoisotopic (exact) mass is 327 g/mol. The smallest absolute Gasteiger partial charge is 0.257 e. The number of anilines is 1. The highest BCUT2D eigenvalue weighted by Crippen LogP contribution is 2.16. The number of amides is 1. The third-order valence-corrected chi connectivity index (χ3v) is 4.07. The Labute approximate surface area is 137 Å². The molecule has 2 heterocycles. The highest BCUT2D eigenvalue weighted by Gasteiger charge is 2.10. The van der Waals surface area contributed by atoms with Gasteiger partial charge in [-0.2, -0.15) is 0 Å². The largest absolute Gasteiger partial charge is 0.298 e. The van der Waals surface area contributed by atoms with Crippen LogP contribution < -0.4 is 5.32 Å². The maximum atomic E-state index is 13.2. The summed E-state index contributed by atoms with van der Waals surface area (Å²) in [4.78, 5) is 20.7. The molecule has 1 aromatic carbocycles. The Kier molecular flexibility index (Phi) is 4.43. The van der Waals surface area contributed by atoms with Crippen molar-refractivity contribution in [3.8, 4) is 0 Å². The maximum absolute atomic E-state index is 13.2. The molecule has 0 saturated carbocycles. The number of hydrogen-bond donors (Lipinski definition) is 1. The molecule has 0 saturated heterocycles. The van der Waals surface area contributed by atoms with Crippen LogP contribution in [-0.2, 0) is 6.42 Å². The quantitative estimate of drug-likeness (QED) is 0.792. The molecule has 0 radical (unpaired) electrons. The summed E-state index contributed by atoms with van der Waals surface area (Å²) in [7, 11) is 0. The van der Waals surface area contributed by atoms with Crippen LogP contribution in [0.2, 0.25) is 0 Å². The van der Waals surface area contributed by atoms with E-state index in [1.807, 2.05) is 18.4 Å². The predicted molar refractivity (Wildman–Crippen MR) is 88.2 cm³/mol. The maximum Gasteiger partial charge on any atom is 0.257 e. The molecule has 0 bridgehead atoms. The van der Waals surface area contributed by atoms with Gasteiger partial charge in [0, 0.05) is 29.3 Å². The van der Waals surface area contributed by atoms with Crippen LogP contribution in [0.25, 0.3) is 0 Å². The summed E-state index contributed by atoms with van der Waals surface area (Å²) >= 11 is 1.38. The second kappa shape index (κ2) is 6.66. The van der Waals surface area contributed by atoms with Crippen molar-refractivity contribution in [3.63, 3.8) is 0 Å². The van der Waals surface area contributed by atoms with Crippen LogP contribution >= 0.6 is 11.3 Å². The third-order valence-electron chi connectivity index (χ3n) is 3.19. The van der Waals surface area contributed by atoms with Crippen LogP contribution in [0.3, 0.4) is 0 Å². The number of benzene rings is 1. The van der Waals surface area contributed by atoms with Crippen molar-refractivity contribution in [3.05, 3.63) is 76.3 Å². The molecule has 3 rings (SSSR count). The van der Waals surface area contributed by atoms with Crippen LogP contribution in [-0.4, -0.2) is 15.9 Å². The van der Waals surface area contributed by atoms with E-state index in [0.29, 0.717) is 22.8 Å². The average molecular weight is 327 g/mol. The van der Waals surface area contributed by atoms with E-state index < -0.39 is 0 Å². The highest BCUT2D eigenvalue weighted by atomic mass is 32.1. The molecule has 0 aliphatic heterocycles. The summed E-state index contributed by atoms with van der Waals surface area (Å²) in [6.45, 7) is 1.87. The lowest BCUT2D eigenvalue weighted by Crippen LogP contribution is -2.12. The van der Waals surface area contributed by atoms with Crippen molar-refractivity contribution in [1.29, 1.82) is 0 Å². The van der Waals surface area contributed by atoms with Crippen LogP contribution in [0, 0.1) is 12.7 Å². The van der Waals surface area contributed by atoms with Crippen molar-refractivity contribution in [1.82, 2.24) is 9.97 Å². The molecule has 0 aliphatic rings. The van der Waals surface area contributed by atoms with Gasteiger partial charge in [-0.15, -0.1) is 11.3 Å². The van der Waals surface area contributed by atoms with Crippen LogP contribution in [0.4, 0.5) is 9.52 Å². The SMILES string of the molecule is Cc1csc(NC(=O)c2ccnc(Cc3cccc(F)c3)c2)n1. The van der Waals surface area contributed by atoms with Gasteiger partial charge >= 0.3 is 0 Å². The molecular formula is C17H14FN3OS. The fourth-order valence-corrected chi connectivity index (χ4v) is 2.84. The number of pyridine rings is 1. The topological polar surface area (TPSA) is 54.9 Å². The summed E-state index contributed by atoms with van der Waals surface area (Å²) in [5.74, 6) is -0.516. The molecule has 23 heavy (non-hydrogen) atoms. The number of thiazole rings is 1. The molecule has 0 atom stereocenters. The number of nitrogens with one attached hydrogen (secondary N) is 1. The van der Waals surface area contributed by atoms with E-state index in [-0.39, 0.29) is 11.7 Å². The van der Waals surface area contributed by atoms with Gasteiger partial charge in [-0.3, -0.25) is 15.1 Å². The predicted octanol–water partition coefficient (Wildman–Crippen LogP) is 3.83. The van der Waals surface area contributed by atoms with Gasteiger partial charge in [-0.1, -0.05) is 12.1 Å². The van der Waals surface area contributed by atoms with E-state index in [1.54, 1.807) is 24.4 Å². The van der Waals surface area contributed by atoms with Crippen LogP contribution in [0.5, 0.6) is 0 Å². The van der Waals surface area contributed by atoms with Gasteiger partial charge < -0.3 is 0 Å². The first-order chi connectivity index (χ1) is 11.1. The van der Waals surface area contributed by atoms with Gasteiger partial charge in [0.25, 0.3) is 5.91 Å². The zero-order chi connectivity index (χ0) is 16.2. The van der Waals surface area contributed by atoms with Crippen LogP contribution in [0.1, 0.15) is 27.3 Å². The third kappa shape index (κ3) is 3.98. The molecule has 1 amide bonds. The van der Waals surface area contributed by atoms with Gasteiger partial charge in [0.05, 0.1) is 5.69 Å². The highest BCUT2D eigenvalue weighted by molar-refractivity contribution is 7.13. The number of carbonyl (C=O) groups is 1. The van der Waals surface area contributed by atoms with E-state index in [0.717, 1.165) is 11.3 Å². The van der Waals surface area contributed by atoms with Gasteiger partial charge in [0.1, 0.15) is 5.82 Å². The van der Waals surface area contributed by atoms with Crippen molar-refractivity contribution in [2.75, 3.05) is 5.32 Å². The minimum Gasteiger partial charge on any atom is -0.298 e. The Bertz CT molecular complexity index is 847. The van der Waals surface area contributed by atoms with Crippen LogP contribution in [0.15, 0.2) is 48.0 Å². The number of hydrogen-bond acceptors (Lipinski definition) is 4. The number of nitrogens with zero attached hydrogens (tertiary/aromatic N) is 2. The van der Waals surface area contributed by atoms with Crippen molar-refractivity contribution < 1.29 is 9.18 Å². The molecule has 2 aromatic heterocycles. The Morgan fingerprint density at radius 1 is 1.30 bits per heavy atom. The Morgan fingerprint density at radius 3 is 2.91 bits per heavy atom. The molecule has 116 valence electrons. The van der Waals surface area contributed by atoms with Gasteiger partial charge in [0.15, 0.2) is 5.13 Å². The Balaban J connectivity index is 1.75. The minimum atomic E-state index is -0.282. The standard InChI is InChI=1S/C17H14FN3OS/c1-11-10-23-17(20-11)21-16(22)13-5-6-19-15(9-13)8-12-3-2-4-14(18)7-12/h2-7,9-10H,8H2,1H3,(H,20,21,22). The second-order valence-corrected chi connectivity index (χ2v) is 5.95. The molecule has 3 aromatic rings. The summed E-state index contributed by atoms with van der Waals surface area (Å²) in [6, 6.07) is 9.71. The second-order valence-electron chi connectivity index (χ2n) is 5.09. The molecule has 1 N–H and O–H groups in total. The van der Waals surface area contributed by atoms with E-state index >= 15 is 0 Å². The number of carbonyl (C=O) groups excluding carboxylic acids is 1. The van der Waals surface area contributed by atoms with E-state index in [4.69, 9.17) is 0 Å². The first-order valence-electron chi connectivity index (χ1n) is 7.03. The molecule has 0 aliphatic carbocycles. The first-order valence-corrected chi connectivity index (χ1v) is 7.91. The van der Waals surface area contributed by atoms with E-state index in [1.165, 1.54) is 23.5 Å². The molecule has 6 heteroatoms. The molecule has 0 unspecified atom stereocenters. The summed E-state index contributed by atoms with van der Waals surface area (Å²) in [6.07, 6.45) is 2.05. The van der Waals surface area contributed by atoms with Gasteiger partial charge in [0.2, 0.25) is 0 Å². The lowest BCUT2D eigenvalue weighted by Gasteiger charge is -2.05. The molecular weight excluding hydrogens is 313 g/mol. The lowest BCUT2D eigenvalue weighted by molar-refractivity contribution is 0.102. The van der Waals surface area contributed by atoms with Gasteiger partial charge in [-0.25, -0.2) is 9.37 Å². The van der Waals surface area contributed by atoms with E-state index in [9.17, 15) is 9.18 Å². The fourth-order valence-electron chi connectivity index (χ4n) is 2.15. The molecule has 0 fully saturated rings. The zero-order valence-corrected chi connectivity index (χ0v) is 13.2. The lowest BCUT2D eigenvalue weighted by atomic mass is 10.1.